The van der Waals surface area contributed by atoms with Gasteiger partial charge in [0.15, 0.2) is 11.6 Å². The van der Waals surface area contributed by atoms with E-state index >= 15 is 0 Å². The van der Waals surface area contributed by atoms with E-state index in [0.717, 1.165) is 12.8 Å². The van der Waals surface area contributed by atoms with Gasteiger partial charge >= 0.3 is 0 Å². The zero-order valence-electron chi connectivity index (χ0n) is 17.0. The molecule has 0 aromatic heterocycles. The number of hydrogen-bond acceptors (Lipinski definition) is 5. The highest BCUT2D eigenvalue weighted by atomic mass is 35.5. The highest BCUT2D eigenvalue weighted by Gasteiger charge is 2.64. The van der Waals surface area contributed by atoms with Crippen molar-refractivity contribution < 1.29 is 19.2 Å². The number of fused-ring (bicyclic) bond motifs is 3. The fraction of sp³-hybridized carbons (Fsp3) is 0.333. The summed E-state index contributed by atoms with van der Waals surface area (Å²) in [6, 6.07) is 12.4. The molecule has 7 heteroatoms. The monoisotopic (exact) mass is 436 g/mol. The van der Waals surface area contributed by atoms with Gasteiger partial charge < -0.3 is 0 Å². The van der Waals surface area contributed by atoms with E-state index in [1.54, 1.807) is 48.5 Å². The molecule has 0 aliphatic carbocycles. The van der Waals surface area contributed by atoms with Crippen molar-refractivity contribution in [2.45, 2.75) is 31.8 Å². The molecule has 2 aromatic carbocycles. The molecule has 0 bridgehead atoms. The van der Waals surface area contributed by atoms with E-state index in [4.69, 9.17) is 11.6 Å². The van der Waals surface area contributed by atoms with Gasteiger partial charge in [-0.1, -0.05) is 11.6 Å². The highest BCUT2D eigenvalue weighted by molar-refractivity contribution is 6.30. The molecule has 0 saturated carbocycles. The number of benzene rings is 2. The maximum Gasteiger partial charge on any atom is 0.239 e. The summed E-state index contributed by atoms with van der Waals surface area (Å²) < 4.78 is 0. The van der Waals surface area contributed by atoms with E-state index in [1.165, 1.54) is 11.8 Å². The van der Waals surface area contributed by atoms with Gasteiger partial charge in [-0.2, -0.15) is 0 Å². The van der Waals surface area contributed by atoms with Gasteiger partial charge in [-0.25, -0.2) is 4.90 Å². The first kappa shape index (κ1) is 20.1. The van der Waals surface area contributed by atoms with E-state index in [0.29, 0.717) is 28.4 Å². The predicted molar refractivity (Wildman–Crippen MR) is 115 cm³/mol. The molecule has 0 spiro atoms. The van der Waals surface area contributed by atoms with Crippen LogP contribution in [-0.4, -0.2) is 46.9 Å². The molecule has 0 radical (unpaired) electrons. The number of amides is 2. The van der Waals surface area contributed by atoms with Crippen LogP contribution in [0, 0.1) is 11.8 Å². The lowest BCUT2D eigenvalue weighted by Crippen LogP contribution is -2.46. The van der Waals surface area contributed by atoms with Gasteiger partial charge in [-0.05, 0) is 74.8 Å². The van der Waals surface area contributed by atoms with Crippen molar-refractivity contribution in [1.29, 1.82) is 0 Å². The fourth-order valence-corrected chi connectivity index (χ4v) is 5.53. The van der Waals surface area contributed by atoms with Crippen LogP contribution in [0.3, 0.4) is 0 Å². The van der Waals surface area contributed by atoms with Gasteiger partial charge in [0.25, 0.3) is 0 Å². The molecule has 6 nitrogen and oxygen atoms in total. The largest absolute Gasteiger partial charge is 0.295 e. The van der Waals surface area contributed by atoms with Crippen LogP contribution in [0.15, 0.2) is 48.5 Å². The Hall–Kier alpha value is -2.83. The molecule has 0 N–H and O–H groups in total. The molecule has 4 atom stereocenters. The standard InChI is InChI=1S/C24H21ClN2O4/c1-13(28)14-6-10-17(11-7-14)27-23(30)19-18-3-2-12-26(18)21(20(19)24(27)31)22(29)15-4-8-16(25)9-5-15/h4-11,18-21H,2-3,12H2,1H3/t18-,19-,20+,21-/m0/s1. The number of halogens is 1. The zero-order chi connectivity index (χ0) is 21.9. The fourth-order valence-electron chi connectivity index (χ4n) is 5.40. The molecule has 3 aliphatic heterocycles. The summed E-state index contributed by atoms with van der Waals surface area (Å²) in [5, 5.41) is 0.534. The van der Waals surface area contributed by atoms with Crippen LogP contribution in [0.5, 0.6) is 0 Å². The van der Waals surface area contributed by atoms with E-state index in [-0.39, 0.29) is 29.4 Å². The Morgan fingerprint density at radius 1 is 0.903 bits per heavy atom. The van der Waals surface area contributed by atoms with Gasteiger partial charge in [-0.3, -0.25) is 24.1 Å². The number of imide groups is 1. The van der Waals surface area contributed by atoms with Crippen molar-refractivity contribution in [3.63, 3.8) is 0 Å². The first-order valence-electron chi connectivity index (χ1n) is 10.4. The van der Waals surface area contributed by atoms with Crippen LogP contribution in [-0.2, 0) is 9.59 Å². The van der Waals surface area contributed by atoms with E-state index in [1.807, 2.05) is 0 Å². The van der Waals surface area contributed by atoms with Crippen LogP contribution in [0.2, 0.25) is 5.02 Å². The Morgan fingerprint density at radius 2 is 1.52 bits per heavy atom. The van der Waals surface area contributed by atoms with Crippen LogP contribution >= 0.6 is 11.6 Å². The van der Waals surface area contributed by atoms with Gasteiger partial charge in [0.1, 0.15) is 0 Å². The van der Waals surface area contributed by atoms with Crippen molar-refractivity contribution in [2.75, 3.05) is 11.4 Å². The summed E-state index contributed by atoms with van der Waals surface area (Å²) in [5.74, 6) is -2.05. The van der Waals surface area contributed by atoms with Gasteiger partial charge in [0.2, 0.25) is 11.8 Å². The molecule has 2 amide bonds. The molecule has 3 aliphatic rings. The smallest absolute Gasteiger partial charge is 0.239 e. The summed E-state index contributed by atoms with van der Waals surface area (Å²) in [6.07, 6.45) is 1.69. The summed E-state index contributed by atoms with van der Waals surface area (Å²) in [7, 11) is 0. The van der Waals surface area contributed by atoms with Gasteiger partial charge in [-0.15, -0.1) is 0 Å². The maximum atomic E-state index is 13.5. The molecule has 158 valence electrons. The lowest BCUT2D eigenvalue weighted by Gasteiger charge is -2.27. The third-order valence-electron chi connectivity index (χ3n) is 6.78. The van der Waals surface area contributed by atoms with Crippen molar-refractivity contribution in [2.24, 2.45) is 11.8 Å². The summed E-state index contributed by atoms with van der Waals surface area (Å²) in [5.41, 5.74) is 1.45. The van der Waals surface area contributed by atoms with Gasteiger partial charge in [0, 0.05) is 22.2 Å². The second-order valence-electron chi connectivity index (χ2n) is 8.43. The minimum absolute atomic E-state index is 0.0854. The van der Waals surface area contributed by atoms with E-state index in [9.17, 15) is 19.2 Å². The molecule has 3 fully saturated rings. The summed E-state index contributed by atoms with van der Waals surface area (Å²) in [4.78, 5) is 55.2. The van der Waals surface area contributed by atoms with Crippen LogP contribution in [0.25, 0.3) is 0 Å². The second kappa shape index (κ2) is 7.39. The molecule has 31 heavy (non-hydrogen) atoms. The normalized spacial score (nSPS) is 27.5. The average Bonchev–Trinajstić information content (AvgIpc) is 3.40. The molecule has 2 aromatic rings. The third-order valence-corrected chi connectivity index (χ3v) is 7.03. The maximum absolute atomic E-state index is 13.5. The Morgan fingerprint density at radius 3 is 2.16 bits per heavy atom. The first-order chi connectivity index (χ1) is 14.9. The number of anilines is 1. The van der Waals surface area contributed by atoms with E-state index in [2.05, 4.69) is 4.90 Å². The Kier molecular flexibility index (Phi) is 4.79. The minimum atomic E-state index is -0.700. The minimum Gasteiger partial charge on any atom is -0.295 e. The van der Waals surface area contributed by atoms with Crippen LogP contribution in [0.4, 0.5) is 5.69 Å². The molecule has 0 unspecified atom stereocenters. The Balaban J connectivity index is 1.52. The zero-order valence-corrected chi connectivity index (χ0v) is 17.7. The lowest BCUT2D eigenvalue weighted by molar-refractivity contribution is -0.123. The number of carbonyl (C=O) groups is 4. The lowest BCUT2D eigenvalue weighted by atomic mass is 9.85. The van der Waals surface area contributed by atoms with Crippen molar-refractivity contribution in [3.05, 3.63) is 64.7 Å². The molecule has 3 heterocycles. The van der Waals surface area contributed by atoms with Gasteiger partial charge in [0.05, 0.1) is 23.6 Å². The number of hydrogen-bond donors (Lipinski definition) is 0. The third kappa shape index (κ3) is 3.05. The first-order valence-corrected chi connectivity index (χ1v) is 10.8. The molecular weight excluding hydrogens is 416 g/mol. The summed E-state index contributed by atoms with van der Waals surface area (Å²) in [6.45, 7) is 2.17. The van der Waals surface area contributed by atoms with E-state index < -0.39 is 17.9 Å². The number of ketones is 2. The van der Waals surface area contributed by atoms with Crippen molar-refractivity contribution >= 4 is 40.7 Å². The predicted octanol–water partition coefficient (Wildman–Crippen LogP) is 3.38. The molecular formula is C24H21ClN2O4. The van der Waals surface area contributed by atoms with Crippen molar-refractivity contribution in [1.82, 2.24) is 4.90 Å². The van der Waals surface area contributed by atoms with Crippen LogP contribution in [0.1, 0.15) is 40.5 Å². The quantitative estimate of drug-likeness (QED) is 0.542. The second-order valence-corrected chi connectivity index (χ2v) is 8.87. The Bertz CT molecular complexity index is 1100. The number of carbonyl (C=O) groups excluding carboxylic acids is 4. The highest BCUT2D eigenvalue weighted by Crippen LogP contribution is 2.48. The van der Waals surface area contributed by atoms with Crippen molar-refractivity contribution in [3.8, 4) is 0 Å². The number of rotatable bonds is 4. The summed E-state index contributed by atoms with van der Waals surface area (Å²) >= 11 is 5.97. The molecule has 3 saturated heterocycles. The SMILES string of the molecule is CC(=O)c1ccc(N2C(=O)[C@@H]3[C@@H](C2=O)[C@@H]2CCCN2[C@@H]3C(=O)c2ccc(Cl)cc2)cc1. The van der Waals surface area contributed by atoms with Crippen LogP contribution < -0.4 is 4.90 Å². The topological polar surface area (TPSA) is 74.8 Å². The molecule has 5 rings (SSSR count). The number of nitrogens with zero attached hydrogens (tertiary/aromatic N) is 2. The Labute approximate surface area is 184 Å². The number of Topliss-reactive ketones (excluding diaryl/α,β-unsaturated/α-hetero) is 2. The average molecular weight is 437 g/mol.